The van der Waals surface area contributed by atoms with Gasteiger partial charge in [-0.25, -0.2) is 0 Å². The van der Waals surface area contributed by atoms with Gasteiger partial charge in [-0.1, -0.05) is 51.1 Å². The molecule has 48 heavy (non-hydrogen) atoms. The Balaban J connectivity index is 0.947. The van der Waals surface area contributed by atoms with Crippen LogP contribution >= 0.6 is 0 Å². The molecule has 0 amide bonds. The molecule has 2 heterocycles. The van der Waals surface area contributed by atoms with Crippen molar-refractivity contribution < 1.29 is 28.8 Å². The number of carbonyl (C=O) groups excluding carboxylic acids is 1. The van der Waals surface area contributed by atoms with E-state index in [4.69, 9.17) is 18.9 Å². The Morgan fingerprint density at radius 3 is 2.52 bits per heavy atom. The number of benzene rings is 1. The van der Waals surface area contributed by atoms with Crippen molar-refractivity contribution in [1.82, 2.24) is 4.90 Å². The molecule has 5 aliphatic carbocycles. The molecule has 7 fully saturated rings. The quantitative estimate of drug-likeness (QED) is 0.311. The first-order valence-electron chi connectivity index (χ1n) is 19.4. The minimum absolute atomic E-state index is 0.126. The molecular formula is C41H61NO6. The third kappa shape index (κ3) is 5.26. The molecule has 7 heteroatoms. The molecule has 1 aromatic carbocycles. The van der Waals surface area contributed by atoms with Crippen molar-refractivity contribution in [1.29, 1.82) is 0 Å². The number of hydrogen-bond donors (Lipinski definition) is 1. The summed E-state index contributed by atoms with van der Waals surface area (Å²) >= 11 is 0. The Morgan fingerprint density at radius 1 is 1.00 bits per heavy atom. The van der Waals surface area contributed by atoms with Gasteiger partial charge in [-0.15, -0.1) is 0 Å². The molecular weight excluding hydrogens is 602 g/mol. The van der Waals surface area contributed by atoms with E-state index < -0.39 is 11.7 Å². The van der Waals surface area contributed by atoms with Gasteiger partial charge in [0, 0.05) is 26.6 Å². The summed E-state index contributed by atoms with van der Waals surface area (Å²) in [6.45, 7) is 16.0. The Hall–Kier alpha value is -1.51. The lowest BCUT2D eigenvalue weighted by atomic mass is 9.46. The van der Waals surface area contributed by atoms with E-state index >= 15 is 0 Å². The van der Waals surface area contributed by atoms with Gasteiger partial charge in [0.15, 0.2) is 12.4 Å². The van der Waals surface area contributed by atoms with Crippen LogP contribution in [0.4, 0.5) is 0 Å². The van der Waals surface area contributed by atoms with Crippen LogP contribution in [0.3, 0.4) is 0 Å². The molecule has 0 radical (unpaired) electrons. The highest BCUT2D eigenvalue weighted by atomic mass is 16.7. The third-order valence-electron chi connectivity index (χ3n) is 15.6. The largest absolute Gasteiger partial charge is 0.457 e. The van der Waals surface area contributed by atoms with Gasteiger partial charge in [-0.2, -0.15) is 0 Å². The molecule has 12 atom stereocenters. The van der Waals surface area contributed by atoms with Crippen LogP contribution in [0.1, 0.15) is 111 Å². The molecule has 1 aromatic rings. The predicted molar refractivity (Wildman–Crippen MR) is 184 cm³/mol. The van der Waals surface area contributed by atoms with Crippen LogP contribution in [0.15, 0.2) is 30.3 Å². The minimum atomic E-state index is -1.14. The molecule has 266 valence electrons. The Labute approximate surface area is 288 Å². The maximum absolute atomic E-state index is 12.0. The molecule has 8 rings (SSSR count). The van der Waals surface area contributed by atoms with Crippen molar-refractivity contribution in [3.8, 4) is 0 Å². The summed E-state index contributed by atoms with van der Waals surface area (Å²) in [5.41, 5.74) is 1.60. The van der Waals surface area contributed by atoms with E-state index in [0.717, 1.165) is 57.8 Å². The molecule has 1 N–H and O–H groups in total. The number of nitrogens with zero attached hydrogens (tertiary/aromatic N) is 1. The lowest BCUT2D eigenvalue weighted by molar-refractivity contribution is -0.245. The van der Waals surface area contributed by atoms with E-state index in [9.17, 15) is 9.90 Å². The summed E-state index contributed by atoms with van der Waals surface area (Å²) in [5.74, 6) is 2.38. The van der Waals surface area contributed by atoms with E-state index in [2.05, 4.69) is 56.0 Å². The van der Waals surface area contributed by atoms with E-state index in [1.165, 1.54) is 51.0 Å². The maximum Gasteiger partial charge on any atom is 0.303 e. The fourth-order valence-corrected chi connectivity index (χ4v) is 13.5. The first-order valence-corrected chi connectivity index (χ1v) is 19.4. The Morgan fingerprint density at radius 2 is 1.77 bits per heavy atom. The molecule has 7 aliphatic rings. The molecule has 0 aromatic heterocycles. The maximum atomic E-state index is 12.0. The average molecular weight is 664 g/mol. The van der Waals surface area contributed by atoms with Crippen molar-refractivity contribution in [3.63, 3.8) is 0 Å². The Kier molecular flexibility index (Phi) is 8.24. The first kappa shape index (κ1) is 33.6. The van der Waals surface area contributed by atoms with E-state index in [1.807, 2.05) is 0 Å². The second kappa shape index (κ2) is 11.8. The van der Waals surface area contributed by atoms with Crippen LogP contribution in [-0.4, -0.2) is 72.0 Å². The smallest absolute Gasteiger partial charge is 0.303 e. The SMILES string of the molecule is CC(=O)O[C@@H](C1CCC2C(CC3C4CCC5C(C)(C)[C@@H](OC6CN(Cc7ccccc7)CCO6)CC[C@@]56CC46CC[C@]23C)O1)C(C)(C)O. The topological polar surface area (TPSA) is 77.5 Å². The standard InChI is InChI=1S/C41H61NO6/c1-26(43)46-36(38(4,5)44)31-14-12-29-32(47-31)22-30-28-13-15-33-37(2,3)34(16-17-41(33)25-40(28,41)19-18-39(29,30)6)48-35-24-42(20-21-45-35)23-27-10-8-7-9-11-27/h7-11,28-36,44H,12-25H2,1-6H3/t28?,29?,30?,31?,32?,33?,34-,35?,36-,39+,40?,41+/m0/s1. The number of carbonyl (C=O) groups is 1. The van der Waals surface area contributed by atoms with Gasteiger partial charge in [0.25, 0.3) is 0 Å². The second-order valence-electron chi connectivity index (χ2n) is 18.7. The molecule has 5 saturated carbocycles. The van der Waals surface area contributed by atoms with Crippen LogP contribution in [0.2, 0.25) is 0 Å². The first-order chi connectivity index (χ1) is 22.8. The zero-order valence-electron chi connectivity index (χ0n) is 30.4. The number of morpholine rings is 1. The van der Waals surface area contributed by atoms with Crippen molar-refractivity contribution in [2.75, 3.05) is 19.7 Å². The zero-order valence-corrected chi connectivity index (χ0v) is 30.4. The van der Waals surface area contributed by atoms with Gasteiger partial charge in [0.2, 0.25) is 0 Å². The van der Waals surface area contributed by atoms with Gasteiger partial charge < -0.3 is 24.1 Å². The summed E-state index contributed by atoms with van der Waals surface area (Å²) in [5, 5.41) is 10.9. The van der Waals surface area contributed by atoms with Crippen molar-refractivity contribution in [2.45, 2.75) is 149 Å². The summed E-state index contributed by atoms with van der Waals surface area (Å²) < 4.78 is 25.8. The summed E-state index contributed by atoms with van der Waals surface area (Å²) in [6.07, 6.45) is 11.6. The lowest BCUT2D eigenvalue weighted by Crippen LogP contribution is -2.56. The number of esters is 1. The minimum Gasteiger partial charge on any atom is -0.457 e. The third-order valence-corrected chi connectivity index (χ3v) is 15.6. The van der Waals surface area contributed by atoms with E-state index in [-0.39, 0.29) is 36.0 Å². The van der Waals surface area contributed by atoms with Crippen molar-refractivity contribution in [3.05, 3.63) is 35.9 Å². The zero-order chi connectivity index (χ0) is 33.7. The van der Waals surface area contributed by atoms with Crippen LogP contribution in [0, 0.1) is 45.3 Å². The summed E-state index contributed by atoms with van der Waals surface area (Å²) in [6, 6.07) is 10.8. The highest BCUT2D eigenvalue weighted by molar-refractivity contribution is 5.66. The van der Waals surface area contributed by atoms with Gasteiger partial charge in [-0.05, 0) is 129 Å². The second-order valence-corrected chi connectivity index (χ2v) is 18.7. The number of ether oxygens (including phenoxy) is 4. The fraction of sp³-hybridized carbons (Fsp3) is 0.829. The van der Waals surface area contributed by atoms with Crippen LogP contribution in [-0.2, 0) is 30.3 Å². The van der Waals surface area contributed by atoms with Crippen LogP contribution < -0.4 is 0 Å². The highest BCUT2D eigenvalue weighted by Gasteiger charge is 2.80. The van der Waals surface area contributed by atoms with Crippen molar-refractivity contribution in [2.24, 2.45) is 45.3 Å². The number of rotatable bonds is 7. The monoisotopic (exact) mass is 663 g/mol. The van der Waals surface area contributed by atoms with E-state index in [0.29, 0.717) is 34.0 Å². The summed E-state index contributed by atoms with van der Waals surface area (Å²) in [4.78, 5) is 14.5. The highest BCUT2D eigenvalue weighted by Crippen LogP contribution is 2.87. The number of fused-ring (bicyclic) bond motifs is 4. The Bertz CT molecular complexity index is 1360. The number of aliphatic hydroxyl groups is 1. The lowest BCUT2D eigenvalue weighted by Gasteiger charge is -2.60. The van der Waals surface area contributed by atoms with Crippen LogP contribution in [0.5, 0.6) is 0 Å². The fourth-order valence-electron chi connectivity index (χ4n) is 13.5. The van der Waals surface area contributed by atoms with Gasteiger partial charge in [0.1, 0.15) is 0 Å². The van der Waals surface area contributed by atoms with Gasteiger partial charge >= 0.3 is 5.97 Å². The van der Waals surface area contributed by atoms with E-state index in [1.54, 1.807) is 13.8 Å². The molecule has 2 aliphatic heterocycles. The predicted octanol–water partition coefficient (Wildman–Crippen LogP) is 7.14. The molecule has 2 saturated heterocycles. The normalized spacial score (nSPS) is 45.5. The summed E-state index contributed by atoms with van der Waals surface area (Å²) in [7, 11) is 0. The van der Waals surface area contributed by atoms with Gasteiger partial charge in [-0.3, -0.25) is 9.69 Å². The molecule has 2 spiro atoms. The van der Waals surface area contributed by atoms with Crippen LogP contribution in [0.25, 0.3) is 0 Å². The average Bonchev–Trinajstić information content (AvgIpc) is 3.61. The van der Waals surface area contributed by atoms with Crippen molar-refractivity contribution >= 4 is 5.97 Å². The molecule has 7 nitrogen and oxygen atoms in total. The number of hydrogen-bond acceptors (Lipinski definition) is 7. The van der Waals surface area contributed by atoms with Gasteiger partial charge in [0.05, 0.1) is 30.5 Å². The molecule has 8 unspecified atom stereocenters. The molecule has 0 bridgehead atoms.